The molecular weight excluding hydrogens is 214 g/mol. The normalized spacial score (nSPS) is 22.6. The van der Waals surface area contributed by atoms with Crippen molar-refractivity contribution in [1.82, 2.24) is 14.7 Å². The van der Waals surface area contributed by atoms with Gasteiger partial charge >= 0.3 is 0 Å². The van der Waals surface area contributed by atoms with Crippen LogP contribution in [0.3, 0.4) is 0 Å². The molecule has 94 valence electrons. The Hall–Kier alpha value is -1.03. The van der Waals surface area contributed by atoms with Crippen LogP contribution in [0, 0.1) is 0 Å². The SMILES string of the molecule is CN1CCc2c(n(C3CCCCC3)[nH]c2=O)C1. The van der Waals surface area contributed by atoms with Crippen molar-refractivity contribution in [3.63, 3.8) is 0 Å². The fourth-order valence-corrected chi connectivity index (χ4v) is 3.24. The number of rotatable bonds is 1. The van der Waals surface area contributed by atoms with Gasteiger partial charge in [0.1, 0.15) is 0 Å². The molecule has 1 saturated carbocycles. The molecule has 1 aliphatic carbocycles. The van der Waals surface area contributed by atoms with Gasteiger partial charge in [0.15, 0.2) is 0 Å². The molecule has 1 N–H and O–H groups in total. The highest BCUT2D eigenvalue weighted by Crippen LogP contribution is 2.29. The van der Waals surface area contributed by atoms with Gasteiger partial charge in [-0.15, -0.1) is 0 Å². The van der Waals surface area contributed by atoms with Gasteiger partial charge in [0.05, 0.1) is 11.7 Å². The number of nitrogens with zero attached hydrogens (tertiary/aromatic N) is 2. The van der Waals surface area contributed by atoms with E-state index in [1.165, 1.54) is 37.8 Å². The molecule has 4 heteroatoms. The summed E-state index contributed by atoms with van der Waals surface area (Å²) in [7, 11) is 2.13. The zero-order chi connectivity index (χ0) is 11.8. The summed E-state index contributed by atoms with van der Waals surface area (Å²) in [6, 6.07) is 0.534. The highest BCUT2D eigenvalue weighted by atomic mass is 16.1. The Kier molecular flexibility index (Phi) is 2.82. The van der Waals surface area contributed by atoms with Crippen molar-refractivity contribution in [1.29, 1.82) is 0 Å². The smallest absolute Gasteiger partial charge is 0.267 e. The first-order chi connectivity index (χ1) is 8.25. The number of nitrogens with one attached hydrogen (secondary N) is 1. The number of aromatic amines is 1. The van der Waals surface area contributed by atoms with E-state index in [0.29, 0.717) is 6.04 Å². The van der Waals surface area contributed by atoms with Crippen LogP contribution >= 0.6 is 0 Å². The highest BCUT2D eigenvalue weighted by Gasteiger charge is 2.25. The highest BCUT2D eigenvalue weighted by molar-refractivity contribution is 5.21. The minimum absolute atomic E-state index is 0.152. The molecule has 0 atom stereocenters. The molecule has 2 aliphatic rings. The van der Waals surface area contributed by atoms with E-state index in [9.17, 15) is 4.79 Å². The Morgan fingerprint density at radius 2 is 2.00 bits per heavy atom. The summed E-state index contributed by atoms with van der Waals surface area (Å²) in [4.78, 5) is 14.2. The lowest BCUT2D eigenvalue weighted by molar-refractivity contribution is 0.272. The summed E-state index contributed by atoms with van der Waals surface area (Å²) in [6.45, 7) is 1.93. The molecule has 3 rings (SSSR count). The second-order valence-electron chi connectivity index (χ2n) is 5.52. The van der Waals surface area contributed by atoms with Crippen molar-refractivity contribution in [3.05, 3.63) is 21.6 Å². The second kappa shape index (κ2) is 4.33. The summed E-state index contributed by atoms with van der Waals surface area (Å²) in [5, 5.41) is 3.08. The predicted octanol–water partition coefficient (Wildman–Crippen LogP) is 1.67. The fraction of sp³-hybridized carbons (Fsp3) is 0.769. The number of H-pyrrole nitrogens is 1. The fourth-order valence-electron chi connectivity index (χ4n) is 3.24. The molecule has 1 fully saturated rings. The van der Waals surface area contributed by atoms with E-state index in [4.69, 9.17) is 0 Å². The maximum Gasteiger partial charge on any atom is 0.267 e. The summed E-state index contributed by atoms with van der Waals surface area (Å²) in [5.74, 6) is 0. The van der Waals surface area contributed by atoms with Gasteiger partial charge in [0.2, 0.25) is 0 Å². The van der Waals surface area contributed by atoms with Gasteiger partial charge in [-0.2, -0.15) is 0 Å². The van der Waals surface area contributed by atoms with Crippen LogP contribution < -0.4 is 5.56 Å². The number of aromatic nitrogens is 2. The quantitative estimate of drug-likeness (QED) is 0.804. The van der Waals surface area contributed by atoms with E-state index in [0.717, 1.165) is 25.1 Å². The molecule has 0 saturated heterocycles. The average Bonchev–Trinajstić information content (AvgIpc) is 2.67. The summed E-state index contributed by atoms with van der Waals surface area (Å²) in [6.07, 6.45) is 7.30. The third-order valence-corrected chi connectivity index (χ3v) is 4.24. The molecule has 17 heavy (non-hydrogen) atoms. The molecule has 0 unspecified atom stereocenters. The average molecular weight is 235 g/mol. The Labute approximate surface area is 102 Å². The Morgan fingerprint density at radius 1 is 1.24 bits per heavy atom. The Balaban J connectivity index is 1.96. The molecule has 0 aromatic carbocycles. The van der Waals surface area contributed by atoms with Gasteiger partial charge in [-0.3, -0.25) is 14.6 Å². The van der Waals surface area contributed by atoms with E-state index in [-0.39, 0.29) is 5.56 Å². The first kappa shape index (κ1) is 11.1. The van der Waals surface area contributed by atoms with E-state index >= 15 is 0 Å². The monoisotopic (exact) mass is 235 g/mol. The maximum absolute atomic E-state index is 11.9. The van der Waals surface area contributed by atoms with Crippen LogP contribution in [0.5, 0.6) is 0 Å². The molecular formula is C13H21N3O. The summed E-state index contributed by atoms with van der Waals surface area (Å²) >= 11 is 0. The lowest BCUT2D eigenvalue weighted by Gasteiger charge is -2.28. The van der Waals surface area contributed by atoms with Gasteiger partial charge < -0.3 is 4.90 Å². The number of hydrogen-bond acceptors (Lipinski definition) is 2. The van der Waals surface area contributed by atoms with Gasteiger partial charge in [-0.1, -0.05) is 19.3 Å². The Bertz CT molecular complexity index is 454. The van der Waals surface area contributed by atoms with Crippen LogP contribution in [0.25, 0.3) is 0 Å². The second-order valence-corrected chi connectivity index (χ2v) is 5.52. The van der Waals surface area contributed by atoms with Gasteiger partial charge in [0.25, 0.3) is 5.56 Å². The molecule has 0 spiro atoms. The maximum atomic E-state index is 11.9. The molecule has 1 aromatic rings. The van der Waals surface area contributed by atoms with Crippen LogP contribution in [-0.2, 0) is 13.0 Å². The Morgan fingerprint density at radius 3 is 2.76 bits per heavy atom. The first-order valence-corrected chi connectivity index (χ1v) is 6.76. The third-order valence-electron chi connectivity index (χ3n) is 4.24. The number of fused-ring (bicyclic) bond motifs is 1. The molecule has 0 radical (unpaired) electrons. The topological polar surface area (TPSA) is 41.0 Å². The van der Waals surface area contributed by atoms with Crippen molar-refractivity contribution in [2.75, 3.05) is 13.6 Å². The minimum Gasteiger partial charge on any atom is -0.300 e. The minimum atomic E-state index is 0.152. The third kappa shape index (κ3) is 1.95. The number of likely N-dealkylation sites (N-methyl/N-ethyl adjacent to an activating group) is 1. The van der Waals surface area contributed by atoms with Crippen molar-refractivity contribution in [2.24, 2.45) is 0 Å². The van der Waals surface area contributed by atoms with E-state index < -0.39 is 0 Å². The number of hydrogen-bond donors (Lipinski definition) is 1. The van der Waals surface area contributed by atoms with Crippen molar-refractivity contribution in [2.45, 2.75) is 51.1 Å². The van der Waals surface area contributed by atoms with Crippen molar-refractivity contribution >= 4 is 0 Å². The van der Waals surface area contributed by atoms with Crippen LogP contribution in [0.1, 0.15) is 49.4 Å². The molecule has 0 bridgehead atoms. The molecule has 0 amide bonds. The molecule has 4 nitrogen and oxygen atoms in total. The molecule has 1 aromatic heterocycles. The van der Waals surface area contributed by atoms with Crippen molar-refractivity contribution < 1.29 is 0 Å². The van der Waals surface area contributed by atoms with Gasteiger partial charge in [-0.05, 0) is 26.3 Å². The van der Waals surface area contributed by atoms with Crippen LogP contribution in [-0.4, -0.2) is 28.3 Å². The summed E-state index contributed by atoms with van der Waals surface area (Å²) < 4.78 is 2.19. The lowest BCUT2D eigenvalue weighted by Crippen LogP contribution is -2.30. The lowest BCUT2D eigenvalue weighted by atomic mass is 9.95. The van der Waals surface area contributed by atoms with Gasteiger partial charge in [0, 0.05) is 18.7 Å². The van der Waals surface area contributed by atoms with Crippen LogP contribution in [0.2, 0.25) is 0 Å². The standard InChI is InChI=1S/C13H21N3O/c1-15-8-7-11-12(9-15)16(14-13(11)17)10-5-3-2-4-6-10/h10H,2-9H2,1H3,(H,14,17). The molecule has 2 heterocycles. The zero-order valence-electron chi connectivity index (χ0n) is 10.5. The zero-order valence-corrected chi connectivity index (χ0v) is 10.5. The summed E-state index contributed by atoms with van der Waals surface area (Å²) in [5.41, 5.74) is 2.43. The van der Waals surface area contributed by atoms with E-state index in [2.05, 4.69) is 21.7 Å². The molecule has 1 aliphatic heterocycles. The van der Waals surface area contributed by atoms with Crippen molar-refractivity contribution in [3.8, 4) is 0 Å². The van der Waals surface area contributed by atoms with Gasteiger partial charge in [-0.25, -0.2) is 0 Å². The van der Waals surface area contributed by atoms with E-state index in [1.807, 2.05) is 0 Å². The predicted molar refractivity (Wildman–Crippen MR) is 67.2 cm³/mol. The van der Waals surface area contributed by atoms with Crippen LogP contribution in [0.4, 0.5) is 0 Å². The largest absolute Gasteiger partial charge is 0.300 e. The van der Waals surface area contributed by atoms with Crippen LogP contribution in [0.15, 0.2) is 4.79 Å². The van der Waals surface area contributed by atoms with E-state index in [1.54, 1.807) is 0 Å². The first-order valence-electron chi connectivity index (χ1n) is 6.76.